The molecule has 1 saturated carbocycles. The third kappa shape index (κ3) is 3.00. The Morgan fingerprint density at radius 3 is 2.75 bits per heavy atom. The molecular formula is C13H17N7. The number of aryl methyl sites for hydroxylation is 1. The van der Waals surface area contributed by atoms with Gasteiger partial charge in [-0.05, 0) is 25.8 Å². The van der Waals surface area contributed by atoms with Crippen LogP contribution in [0.3, 0.4) is 0 Å². The first-order chi connectivity index (χ1) is 9.74. The maximum atomic E-state index is 5.45. The quantitative estimate of drug-likeness (QED) is 0.557. The highest BCUT2D eigenvalue weighted by Crippen LogP contribution is 2.38. The van der Waals surface area contributed by atoms with Crippen molar-refractivity contribution >= 4 is 11.6 Å². The Hall–Kier alpha value is -2.28. The Bertz CT molecular complexity index is 609. The van der Waals surface area contributed by atoms with Crippen LogP contribution in [0.25, 0.3) is 0 Å². The molecule has 4 N–H and O–H groups in total. The SMILES string of the molecule is Cc1nccc(CNc2cc(NN)nc(C3CC3)n2)n1. The molecule has 0 aliphatic heterocycles. The lowest BCUT2D eigenvalue weighted by Crippen LogP contribution is -2.12. The summed E-state index contributed by atoms with van der Waals surface area (Å²) in [6.07, 6.45) is 4.05. The molecule has 2 aromatic heterocycles. The van der Waals surface area contributed by atoms with Crippen LogP contribution in [0.1, 0.15) is 36.1 Å². The van der Waals surface area contributed by atoms with Crippen LogP contribution in [0, 0.1) is 6.92 Å². The van der Waals surface area contributed by atoms with E-state index in [-0.39, 0.29) is 0 Å². The fourth-order valence-corrected chi connectivity index (χ4v) is 1.94. The van der Waals surface area contributed by atoms with Crippen LogP contribution < -0.4 is 16.6 Å². The maximum Gasteiger partial charge on any atom is 0.145 e. The Morgan fingerprint density at radius 2 is 2.05 bits per heavy atom. The van der Waals surface area contributed by atoms with Gasteiger partial charge in [0.25, 0.3) is 0 Å². The number of nitrogen functional groups attached to an aromatic ring is 1. The van der Waals surface area contributed by atoms with Crippen molar-refractivity contribution in [2.75, 3.05) is 10.7 Å². The van der Waals surface area contributed by atoms with Crippen LogP contribution in [0.5, 0.6) is 0 Å². The molecule has 104 valence electrons. The molecule has 0 radical (unpaired) electrons. The summed E-state index contributed by atoms with van der Waals surface area (Å²) >= 11 is 0. The van der Waals surface area contributed by atoms with Crippen LogP contribution >= 0.6 is 0 Å². The van der Waals surface area contributed by atoms with Gasteiger partial charge < -0.3 is 10.7 Å². The fraction of sp³-hybridized carbons (Fsp3) is 0.385. The second kappa shape index (κ2) is 5.38. The molecule has 2 aromatic rings. The fourth-order valence-electron chi connectivity index (χ4n) is 1.94. The van der Waals surface area contributed by atoms with Gasteiger partial charge in [0, 0.05) is 18.2 Å². The van der Waals surface area contributed by atoms with E-state index >= 15 is 0 Å². The van der Waals surface area contributed by atoms with Crippen molar-refractivity contribution in [1.29, 1.82) is 0 Å². The lowest BCUT2D eigenvalue weighted by Gasteiger charge is -2.09. The summed E-state index contributed by atoms with van der Waals surface area (Å²) < 4.78 is 0. The molecule has 7 heteroatoms. The van der Waals surface area contributed by atoms with Crippen molar-refractivity contribution in [3.8, 4) is 0 Å². The minimum Gasteiger partial charge on any atom is -0.364 e. The number of nitrogens with two attached hydrogens (primary N) is 1. The van der Waals surface area contributed by atoms with Gasteiger partial charge in [-0.2, -0.15) is 0 Å². The predicted octanol–water partition coefficient (Wildman–Crippen LogP) is 1.35. The average Bonchev–Trinajstić information content (AvgIpc) is 3.29. The summed E-state index contributed by atoms with van der Waals surface area (Å²) in [4.78, 5) is 17.3. The zero-order chi connectivity index (χ0) is 13.9. The van der Waals surface area contributed by atoms with E-state index in [2.05, 4.69) is 30.7 Å². The normalized spacial score (nSPS) is 14.1. The summed E-state index contributed by atoms with van der Waals surface area (Å²) in [5, 5.41) is 3.25. The highest BCUT2D eigenvalue weighted by molar-refractivity contribution is 5.47. The molecule has 7 nitrogen and oxygen atoms in total. The molecule has 3 rings (SSSR count). The third-order valence-electron chi connectivity index (χ3n) is 3.12. The molecule has 0 amide bonds. The molecule has 0 bridgehead atoms. The molecule has 1 fully saturated rings. The Morgan fingerprint density at radius 1 is 1.25 bits per heavy atom. The molecule has 2 heterocycles. The van der Waals surface area contributed by atoms with E-state index in [0.29, 0.717) is 18.3 Å². The first-order valence-electron chi connectivity index (χ1n) is 6.62. The summed E-state index contributed by atoms with van der Waals surface area (Å²) in [6.45, 7) is 2.46. The van der Waals surface area contributed by atoms with Gasteiger partial charge >= 0.3 is 0 Å². The average molecular weight is 271 g/mol. The number of anilines is 2. The first-order valence-corrected chi connectivity index (χ1v) is 6.62. The summed E-state index contributed by atoms with van der Waals surface area (Å²) in [7, 11) is 0. The van der Waals surface area contributed by atoms with Crippen LogP contribution in [-0.2, 0) is 6.54 Å². The zero-order valence-electron chi connectivity index (χ0n) is 11.3. The summed E-state index contributed by atoms with van der Waals surface area (Å²) in [6, 6.07) is 3.67. The third-order valence-corrected chi connectivity index (χ3v) is 3.12. The second-order valence-electron chi connectivity index (χ2n) is 4.86. The molecule has 1 aliphatic carbocycles. The van der Waals surface area contributed by atoms with Gasteiger partial charge in [-0.3, -0.25) is 0 Å². The van der Waals surface area contributed by atoms with E-state index in [0.717, 1.165) is 36.0 Å². The van der Waals surface area contributed by atoms with Gasteiger partial charge in [-0.1, -0.05) is 0 Å². The smallest absolute Gasteiger partial charge is 0.145 e. The Kier molecular flexibility index (Phi) is 3.42. The van der Waals surface area contributed by atoms with Crippen molar-refractivity contribution in [1.82, 2.24) is 19.9 Å². The first kappa shape index (κ1) is 12.7. The number of rotatable bonds is 5. The minimum absolute atomic E-state index is 0.477. The van der Waals surface area contributed by atoms with Crippen LogP contribution in [0.4, 0.5) is 11.6 Å². The lowest BCUT2D eigenvalue weighted by molar-refractivity contribution is 0.907. The Labute approximate surface area is 117 Å². The molecule has 20 heavy (non-hydrogen) atoms. The number of hydrazine groups is 1. The maximum absolute atomic E-state index is 5.45. The van der Waals surface area contributed by atoms with Crippen LogP contribution in [0.2, 0.25) is 0 Å². The number of hydrogen-bond donors (Lipinski definition) is 3. The van der Waals surface area contributed by atoms with Crippen molar-refractivity contribution in [2.45, 2.75) is 32.2 Å². The van der Waals surface area contributed by atoms with Gasteiger partial charge in [0.1, 0.15) is 23.3 Å². The number of hydrogen-bond acceptors (Lipinski definition) is 7. The Balaban J connectivity index is 1.74. The minimum atomic E-state index is 0.477. The van der Waals surface area contributed by atoms with Crippen LogP contribution in [-0.4, -0.2) is 19.9 Å². The predicted molar refractivity (Wildman–Crippen MR) is 75.9 cm³/mol. The van der Waals surface area contributed by atoms with Gasteiger partial charge in [0.2, 0.25) is 0 Å². The molecule has 0 aromatic carbocycles. The largest absolute Gasteiger partial charge is 0.364 e. The molecule has 0 spiro atoms. The van der Waals surface area contributed by atoms with Crippen molar-refractivity contribution < 1.29 is 0 Å². The molecule has 0 unspecified atom stereocenters. The van der Waals surface area contributed by atoms with E-state index < -0.39 is 0 Å². The van der Waals surface area contributed by atoms with E-state index in [1.165, 1.54) is 0 Å². The van der Waals surface area contributed by atoms with Gasteiger partial charge in [-0.25, -0.2) is 25.8 Å². The van der Waals surface area contributed by atoms with Gasteiger partial charge in [0.15, 0.2) is 0 Å². The van der Waals surface area contributed by atoms with Crippen molar-refractivity contribution in [3.05, 3.63) is 35.7 Å². The van der Waals surface area contributed by atoms with E-state index in [4.69, 9.17) is 5.84 Å². The van der Waals surface area contributed by atoms with Crippen molar-refractivity contribution in [2.24, 2.45) is 5.84 Å². The number of nitrogens with one attached hydrogen (secondary N) is 2. The number of aromatic nitrogens is 4. The summed E-state index contributed by atoms with van der Waals surface area (Å²) in [5.74, 6) is 8.92. The molecule has 1 aliphatic rings. The molecule has 0 atom stereocenters. The monoisotopic (exact) mass is 271 g/mol. The van der Waals surface area contributed by atoms with E-state index in [9.17, 15) is 0 Å². The van der Waals surface area contributed by atoms with Gasteiger partial charge in [-0.15, -0.1) is 0 Å². The highest BCUT2D eigenvalue weighted by Gasteiger charge is 2.27. The van der Waals surface area contributed by atoms with E-state index in [1.807, 2.05) is 13.0 Å². The molecule has 0 saturated heterocycles. The topological polar surface area (TPSA) is 102 Å². The van der Waals surface area contributed by atoms with Crippen molar-refractivity contribution in [3.63, 3.8) is 0 Å². The number of nitrogens with zero attached hydrogens (tertiary/aromatic N) is 4. The van der Waals surface area contributed by atoms with E-state index in [1.54, 1.807) is 12.3 Å². The highest BCUT2D eigenvalue weighted by atomic mass is 15.3. The standard InChI is InChI=1S/C13H17N7/c1-8-15-5-4-10(17-8)7-16-11-6-12(20-14)19-13(18-11)9-2-3-9/h4-6,9H,2-3,7,14H2,1H3,(H2,16,18,19,20). The second-order valence-corrected chi connectivity index (χ2v) is 4.86. The summed E-state index contributed by atoms with van der Waals surface area (Å²) in [5.41, 5.74) is 3.50. The molecular weight excluding hydrogens is 254 g/mol. The lowest BCUT2D eigenvalue weighted by atomic mass is 10.3. The van der Waals surface area contributed by atoms with Gasteiger partial charge in [0.05, 0.1) is 12.2 Å². The van der Waals surface area contributed by atoms with Crippen LogP contribution in [0.15, 0.2) is 18.3 Å². The zero-order valence-corrected chi connectivity index (χ0v) is 11.3.